The van der Waals surface area contributed by atoms with Crippen LogP contribution in [-0.4, -0.2) is 23.0 Å². The molecule has 0 unspecified atom stereocenters. The fourth-order valence-corrected chi connectivity index (χ4v) is 2.09. The van der Waals surface area contributed by atoms with Crippen molar-refractivity contribution in [1.29, 1.82) is 0 Å². The molecule has 0 radical (unpaired) electrons. The van der Waals surface area contributed by atoms with Crippen molar-refractivity contribution >= 4 is 18.2 Å². The molecule has 6 heteroatoms. The summed E-state index contributed by atoms with van der Waals surface area (Å²) in [6.45, 7) is 5.24. The molecule has 1 amide bonds. The highest BCUT2D eigenvalue weighted by Gasteiger charge is 2.18. The number of hydrogen-bond donors (Lipinski definition) is 1. The van der Waals surface area contributed by atoms with Crippen LogP contribution in [0.5, 0.6) is 0 Å². The zero-order valence-electron chi connectivity index (χ0n) is 13.8. The Labute approximate surface area is 139 Å². The van der Waals surface area contributed by atoms with Gasteiger partial charge in [0.2, 0.25) is 0 Å². The van der Waals surface area contributed by atoms with Crippen molar-refractivity contribution in [2.75, 3.05) is 5.32 Å². The molecule has 0 saturated carbocycles. The van der Waals surface area contributed by atoms with Gasteiger partial charge in [0.05, 0.1) is 0 Å². The highest BCUT2D eigenvalue weighted by atomic mass is 19.1. The minimum Gasteiger partial charge on any atom is -0.444 e. The van der Waals surface area contributed by atoms with E-state index in [2.05, 4.69) is 10.3 Å². The quantitative estimate of drug-likeness (QED) is 0.861. The predicted octanol–water partition coefficient (Wildman–Crippen LogP) is 3.97. The second-order valence-electron chi connectivity index (χ2n) is 6.29. The highest BCUT2D eigenvalue weighted by molar-refractivity contribution is 5.85. The number of amides is 1. The normalized spacial score (nSPS) is 11.0. The Hall–Kier alpha value is -2.76. The summed E-state index contributed by atoms with van der Waals surface area (Å²) in [6.07, 6.45) is 1.51. The molecule has 126 valence electrons. The zero-order valence-corrected chi connectivity index (χ0v) is 13.8. The predicted molar refractivity (Wildman–Crippen MR) is 88.7 cm³/mol. The van der Waals surface area contributed by atoms with Gasteiger partial charge >= 0.3 is 6.09 Å². The summed E-state index contributed by atoms with van der Waals surface area (Å²) < 4.78 is 19.1. The summed E-state index contributed by atoms with van der Waals surface area (Å²) in [7, 11) is 0. The summed E-state index contributed by atoms with van der Waals surface area (Å²) in [5.41, 5.74) is 0.652. The average molecular weight is 330 g/mol. The Morgan fingerprint density at radius 3 is 2.62 bits per heavy atom. The van der Waals surface area contributed by atoms with E-state index in [1.165, 1.54) is 12.3 Å². The Bertz CT molecular complexity index is 754. The summed E-state index contributed by atoms with van der Waals surface area (Å²) >= 11 is 0. The fraction of sp³-hybridized carbons (Fsp3) is 0.278. The van der Waals surface area contributed by atoms with Crippen molar-refractivity contribution in [3.8, 4) is 0 Å². The first-order valence-corrected chi connectivity index (χ1v) is 7.46. The molecule has 0 fully saturated rings. The third-order valence-corrected chi connectivity index (χ3v) is 3.08. The lowest BCUT2D eigenvalue weighted by Gasteiger charge is -2.20. The van der Waals surface area contributed by atoms with Crippen LogP contribution >= 0.6 is 0 Å². The van der Waals surface area contributed by atoms with Crippen LogP contribution in [0.1, 0.15) is 42.3 Å². The van der Waals surface area contributed by atoms with Gasteiger partial charge in [0.15, 0.2) is 6.29 Å². The molecule has 1 aromatic carbocycles. The van der Waals surface area contributed by atoms with Gasteiger partial charge in [-0.15, -0.1) is 0 Å². The number of halogens is 1. The lowest BCUT2D eigenvalue weighted by molar-refractivity contribution is 0.0635. The number of hydrogen-bond acceptors (Lipinski definition) is 4. The smallest absolute Gasteiger partial charge is 0.413 e. The van der Waals surface area contributed by atoms with Gasteiger partial charge in [0, 0.05) is 23.7 Å². The zero-order chi connectivity index (χ0) is 17.7. The first-order chi connectivity index (χ1) is 11.3. The largest absolute Gasteiger partial charge is 0.444 e. The van der Waals surface area contributed by atoms with E-state index >= 15 is 0 Å². The van der Waals surface area contributed by atoms with Crippen LogP contribution in [-0.2, 0) is 11.2 Å². The van der Waals surface area contributed by atoms with E-state index in [0.717, 1.165) is 0 Å². The van der Waals surface area contributed by atoms with E-state index in [4.69, 9.17) is 4.74 Å². The van der Waals surface area contributed by atoms with Gasteiger partial charge < -0.3 is 4.74 Å². The van der Waals surface area contributed by atoms with Gasteiger partial charge in [-0.1, -0.05) is 18.2 Å². The fourth-order valence-electron chi connectivity index (χ4n) is 2.09. The third kappa shape index (κ3) is 4.87. The van der Waals surface area contributed by atoms with E-state index in [1.54, 1.807) is 45.0 Å². The topological polar surface area (TPSA) is 68.3 Å². The number of benzene rings is 1. The SMILES string of the molecule is CC(C)(C)OC(=O)Nc1ncc(C=O)cc1Cc1ccccc1F. The number of nitrogens with zero attached hydrogens (tertiary/aromatic N) is 1. The van der Waals surface area contributed by atoms with Gasteiger partial charge in [-0.05, 0) is 38.5 Å². The third-order valence-electron chi connectivity index (χ3n) is 3.08. The number of aldehydes is 1. The van der Waals surface area contributed by atoms with E-state index < -0.39 is 11.7 Å². The van der Waals surface area contributed by atoms with E-state index in [0.29, 0.717) is 23.0 Å². The molecule has 1 heterocycles. The number of rotatable bonds is 4. The molecule has 0 spiro atoms. The maximum Gasteiger partial charge on any atom is 0.413 e. The van der Waals surface area contributed by atoms with Crippen molar-refractivity contribution in [3.63, 3.8) is 0 Å². The maximum absolute atomic E-state index is 13.9. The lowest BCUT2D eigenvalue weighted by atomic mass is 10.0. The van der Waals surface area contributed by atoms with Crippen molar-refractivity contribution in [2.45, 2.75) is 32.8 Å². The lowest BCUT2D eigenvalue weighted by Crippen LogP contribution is -2.28. The Morgan fingerprint density at radius 2 is 2.00 bits per heavy atom. The molecule has 24 heavy (non-hydrogen) atoms. The van der Waals surface area contributed by atoms with Crippen molar-refractivity contribution in [1.82, 2.24) is 4.98 Å². The first kappa shape index (κ1) is 17.6. The monoisotopic (exact) mass is 330 g/mol. The molecule has 0 atom stereocenters. The van der Waals surface area contributed by atoms with Crippen molar-refractivity contribution < 1.29 is 18.7 Å². The number of ether oxygens (including phenoxy) is 1. The van der Waals surface area contributed by atoms with Crippen LogP contribution < -0.4 is 5.32 Å². The number of carbonyl (C=O) groups is 2. The summed E-state index contributed by atoms with van der Waals surface area (Å²) in [4.78, 5) is 27.0. The highest BCUT2D eigenvalue weighted by Crippen LogP contribution is 2.21. The second-order valence-corrected chi connectivity index (χ2v) is 6.29. The van der Waals surface area contributed by atoms with E-state index in [9.17, 15) is 14.0 Å². The molecular formula is C18H19FN2O3. The van der Waals surface area contributed by atoms with Crippen LogP contribution in [0.25, 0.3) is 0 Å². The van der Waals surface area contributed by atoms with Crippen LogP contribution in [0.3, 0.4) is 0 Å². The molecule has 0 bridgehead atoms. The van der Waals surface area contributed by atoms with Gasteiger partial charge in [-0.2, -0.15) is 0 Å². The van der Waals surface area contributed by atoms with Crippen molar-refractivity contribution in [2.24, 2.45) is 0 Å². The van der Waals surface area contributed by atoms with E-state index in [-0.39, 0.29) is 18.1 Å². The number of anilines is 1. The van der Waals surface area contributed by atoms with Crippen molar-refractivity contribution in [3.05, 3.63) is 59.0 Å². The number of carbonyl (C=O) groups excluding carboxylic acids is 2. The standard InChI is InChI=1S/C18H19FN2O3/c1-18(2,3)24-17(23)21-16-14(8-12(11-22)10-20-16)9-13-6-4-5-7-15(13)19/h4-8,10-11H,9H2,1-3H3,(H,20,21,23). The average Bonchev–Trinajstić information content (AvgIpc) is 2.49. The summed E-state index contributed by atoms with van der Waals surface area (Å²) in [6, 6.07) is 7.88. The second kappa shape index (κ2) is 7.21. The van der Waals surface area contributed by atoms with Gasteiger partial charge in [0.25, 0.3) is 0 Å². The number of aromatic nitrogens is 1. The molecule has 1 N–H and O–H groups in total. The Balaban J connectivity index is 2.29. The molecule has 0 aliphatic carbocycles. The number of nitrogens with one attached hydrogen (secondary N) is 1. The molecule has 0 aliphatic heterocycles. The van der Waals surface area contributed by atoms with Crippen LogP contribution in [0.2, 0.25) is 0 Å². The van der Waals surface area contributed by atoms with E-state index in [1.807, 2.05) is 0 Å². The van der Waals surface area contributed by atoms with Crippen LogP contribution in [0.15, 0.2) is 36.5 Å². The molecule has 0 aliphatic rings. The van der Waals surface area contributed by atoms with Gasteiger partial charge in [-0.25, -0.2) is 14.2 Å². The molecule has 0 saturated heterocycles. The van der Waals surface area contributed by atoms with Gasteiger partial charge in [0.1, 0.15) is 17.2 Å². The molecule has 2 aromatic rings. The minimum absolute atomic E-state index is 0.187. The minimum atomic E-state index is -0.663. The summed E-state index contributed by atoms with van der Waals surface area (Å²) in [5, 5.41) is 2.55. The Morgan fingerprint density at radius 1 is 1.29 bits per heavy atom. The molecular weight excluding hydrogens is 311 g/mol. The molecule has 5 nitrogen and oxygen atoms in total. The van der Waals surface area contributed by atoms with Crippen LogP contribution in [0.4, 0.5) is 15.0 Å². The maximum atomic E-state index is 13.9. The number of pyridine rings is 1. The first-order valence-electron chi connectivity index (χ1n) is 7.46. The van der Waals surface area contributed by atoms with Crippen LogP contribution in [0, 0.1) is 5.82 Å². The van der Waals surface area contributed by atoms with Gasteiger partial charge in [-0.3, -0.25) is 10.1 Å². The Kier molecular flexibility index (Phi) is 5.28. The molecule has 2 rings (SSSR count). The molecule has 1 aromatic heterocycles. The summed E-state index contributed by atoms with van der Waals surface area (Å²) in [5.74, 6) is -0.129.